The van der Waals surface area contributed by atoms with Gasteiger partial charge in [0.1, 0.15) is 5.60 Å². The summed E-state index contributed by atoms with van der Waals surface area (Å²) in [5.41, 5.74) is -1.07. The number of benzene rings is 1. The van der Waals surface area contributed by atoms with E-state index in [-0.39, 0.29) is 42.3 Å². The first-order valence-electron chi connectivity index (χ1n) is 15.7. The second-order valence-electron chi connectivity index (χ2n) is 13.7. The number of aliphatic hydroxyl groups is 1. The van der Waals surface area contributed by atoms with E-state index in [0.717, 1.165) is 16.7 Å². The number of fused-ring (bicyclic) bond motifs is 4. The number of nitrogens with zero attached hydrogens (tertiary/aromatic N) is 1. The van der Waals surface area contributed by atoms with Gasteiger partial charge in [-0.15, -0.1) is 0 Å². The van der Waals surface area contributed by atoms with Crippen molar-refractivity contribution in [1.29, 1.82) is 0 Å². The molecule has 2 saturated carbocycles. The molecule has 11 heteroatoms. The van der Waals surface area contributed by atoms with E-state index in [1.165, 1.54) is 14.0 Å². The van der Waals surface area contributed by atoms with E-state index in [2.05, 4.69) is 0 Å². The van der Waals surface area contributed by atoms with Crippen LogP contribution in [0.2, 0.25) is 0 Å². The Morgan fingerprint density at radius 3 is 2.27 bits per heavy atom. The van der Waals surface area contributed by atoms with Crippen LogP contribution in [0.4, 0.5) is 22.0 Å². The quantitative estimate of drug-likeness (QED) is 0.300. The summed E-state index contributed by atoms with van der Waals surface area (Å²) in [4.78, 5) is 39.1. The molecule has 1 N–H and O–H groups in total. The van der Waals surface area contributed by atoms with Crippen LogP contribution in [0.5, 0.6) is 0 Å². The number of ether oxygens (including phenoxy) is 1. The number of carbonyl (C=O) groups excluding carboxylic acids is 3. The van der Waals surface area contributed by atoms with E-state index in [4.69, 9.17) is 4.74 Å². The maximum Gasteiger partial charge on any atom is 0.456 e. The van der Waals surface area contributed by atoms with Gasteiger partial charge in [0.2, 0.25) is 0 Å². The van der Waals surface area contributed by atoms with Gasteiger partial charge in [0, 0.05) is 36.4 Å². The first-order chi connectivity index (χ1) is 21.1. The lowest BCUT2D eigenvalue weighted by atomic mass is 9.50. The smallest absolute Gasteiger partial charge is 0.456 e. The van der Waals surface area contributed by atoms with Gasteiger partial charge in [-0.3, -0.25) is 14.4 Å². The molecule has 0 bridgehead atoms. The minimum absolute atomic E-state index is 0.0172. The lowest BCUT2D eigenvalue weighted by Crippen LogP contribution is -2.65. The number of carbonyl (C=O) groups is 3. The van der Waals surface area contributed by atoms with Crippen molar-refractivity contribution < 1.29 is 46.2 Å². The van der Waals surface area contributed by atoms with E-state index in [1.54, 1.807) is 35.2 Å². The molecule has 6 rings (SSSR count). The molecule has 5 aliphatic rings. The van der Waals surface area contributed by atoms with Gasteiger partial charge < -0.3 is 14.7 Å². The van der Waals surface area contributed by atoms with E-state index in [0.29, 0.717) is 62.7 Å². The topological polar surface area (TPSA) is 83.9 Å². The lowest BCUT2D eigenvalue weighted by Gasteiger charge is -2.56. The first-order valence-corrected chi connectivity index (χ1v) is 15.7. The van der Waals surface area contributed by atoms with Crippen molar-refractivity contribution >= 4 is 17.7 Å². The van der Waals surface area contributed by atoms with Gasteiger partial charge in [0.05, 0.1) is 13.0 Å². The highest BCUT2D eigenvalue weighted by Gasteiger charge is 2.79. The van der Waals surface area contributed by atoms with Gasteiger partial charge in [-0.25, -0.2) is 0 Å². The van der Waals surface area contributed by atoms with Gasteiger partial charge in [-0.05, 0) is 98.1 Å². The fraction of sp³-hybridized carbons (Fsp3) is 0.618. The summed E-state index contributed by atoms with van der Waals surface area (Å²) in [6.07, 6.45) is -2.21. The molecule has 45 heavy (non-hydrogen) atoms. The van der Waals surface area contributed by atoms with Crippen LogP contribution in [0.1, 0.15) is 86.6 Å². The number of halogens is 5. The molecule has 6 nitrogen and oxygen atoms in total. The standard InChI is InChI=1S/C34H38F5NO5/c1-31-18-26(19-3-5-20(6-4-19)29(42)40-15-12-21(13-16-40)30(43)45-2)28-24-10-8-23(41)17-22(24)7-9-25(28)27(31)11-14-32(31,44)33(35,36)34(37,38)39/h3-6,17,21,25-27,44H,7-16,18H2,1-2H3/t25-,26+,27-,31-,32-/m0/s1. The van der Waals surface area contributed by atoms with Crippen LogP contribution in [-0.2, 0) is 14.3 Å². The third kappa shape index (κ3) is 4.86. The van der Waals surface area contributed by atoms with E-state index in [1.807, 2.05) is 0 Å². The predicted molar refractivity (Wildman–Crippen MR) is 153 cm³/mol. The first kappa shape index (κ1) is 31.9. The second-order valence-corrected chi connectivity index (χ2v) is 13.7. The molecule has 5 atom stereocenters. The molecule has 0 radical (unpaired) electrons. The molecule has 1 heterocycles. The molecule has 4 aliphatic carbocycles. The number of allylic oxidation sites excluding steroid dienone is 4. The van der Waals surface area contributed by atoms with Crippen LogP contribution in [0.3, 0.4) is 0 Å². The maximum absolute atomic E-state index is 15.2. The number of piperidine rings is 1. The van der Waals surface area contributed by atoms with Crippen molar-refractivity contribution in [2.24, 2.45) is 23.2 Å². The fourth-order valence-electron chi connectivity index (χ4n) is 9.24. The number of esters is 1. The molecule has 1 amide bonds. The average Bonchev–Trinajstić information content (AvgIpc) is 3.30. The van der Waals surface area contributed by atoms with E-state index < -0.39 is 41.4 Å². The lowest BCUT2D eigenvalue weighted by molar-refractivity contribution is -0.362. The summed E-state index contributed by atoms with van der Waals surface area (Å²) < 4.78 is 76.6. The molecule has 0 spiro atoms. The van der Waals surface area contributed by atoms with Crippen LogP contribution >= 0.6 is 0 Å². The zero-order chi connectivity index (χ0) is 32.5. The van der Waals surface area contributed by atoms with Gasteiger partial charge in [-0.2, -0.15) is 22.0 Å². The molecule has 1 aromatic rings. The van der Waals surface area contributed by atoms with Crippen LogP contribution in [0, 0.1) is 23.2 Å². The number of rotatable bonds is 4. The van der Waals surface area contributed by atoms with Crippen LogP contribution in [-0.4, -0.2) is 65.6 Å². The summed E-state index contributed by atoms with van der Waals surface area (Å²) >= 11 is 0. The molecule has 0 unspecified atom stereocenters. The summed E-state index contributed by atoms with van der Waals surface area (Å²) in [6, 6.07) is 6.76. The zero-order valence-corrected chi connectivity index (χ0v) is 25.4. The molecule has 0 aromatic heterocycles. The Hall–Kier alpha value is -3.08. The van der Waals surface area contributed by atoms with Crippen molar-refractivity contribution in [3.63, 3.8) is 0 Å². The monoisotopic (exact) mass is 635 g/mol. The normalized spacial score (nSPS) is 32.4. The Balaban J connectivity index is 1.36. The molecular formula is C34H38F5NO5. The highest BCUT2D eigenvalue weighted by Crippen LogP contribution is 2.70. The Morgan fingerprint density at radius 1 is 0.978 bits per heavy atom. The SMILES string of the molecule is COC(=O)C1CCN(C(=O)c2ccc([C@H]3C[C@@]4(C)[C@@H](CC[C@@]4(O)C(F)(F)C(F)(F)F)[C@@H]4CCC5=CC(=O)CCC5=C43)cc2)CC1. The number of amides is 1. The minimum Gasteiger partial charge on any atom is -0.469 e. The molecule has 1 saturated heterocycles. The summed E-state index contributed by atoms with van der Waals surface area (Å²) in [5, 5.41) is 11.4. The number of ketones is 1. The molecule has 3 fully saturated rings. The Kier molecular flexibility index (Phi) is 7.81. The van der Waals surface area contributed by atoms with Gasteiger partial charge >= 0.3 is 18.1 Å². The number of hydrogen-bond acceptors (Lipinski definition) is 5. The number of methoxy groups -OCH3 is 1. The van der Waals surface area contributed by atoms with Gasteiger partial charge in [0.15, 0.2) is 5.78 Å². The van der Waals surface area contributed by atoms with Crippen molar-refractivity contribution in [3.8, 4) is 0 Å². The van der Waals surface area contributed by atoms with Crippen LogP contribution in [0.15, 0.2) is 47.1 Å². The minimum atomic E-state index is -5.91. The fourth-order valence-corrected chi connectivity index (χ4v) is 9.24. The summed E-state index contributed by atoms with van der Waals surface area (Å²) in [7, 11) is 1.33. The molecule has 1 aliphatic heterocycles. The largest absolute Gasteiger partial charge is 0.469 e. The van der Waals surface area contributed by atoms with Gasteiger partial charge in [-0.1, -0.05) is 24.6 Å². The molecule has 244 valence electrons. The summed E-state index contributed by atoms with van der Waals surface area (Å²) in [5.74, 6) is -7.53. The van der Waals surface area contributed by atoms with Crippen molar-refractivity contribution in [3.05, 3.63) is 58.2 Å². The maximum atomic E-state index is 15.2. The average molecular weight is 636 g/mol. The Bertz CT molecular complexity index is 1460. The number of alkyl halides is 5. The third-order valence-electron chi connectivity index (χ3n) is 11.6. The van der Waals surface area contributed by atoms with Crippen LogP contribution in [0.25, 0.3) is 0 Å². The predicted octanol–water partition coefficient (Wildman–Crippen LogP) is 6.54. The highest BCUT2D eigenvalue weighted by atomic mass is 19.4. The number of hydrogen-bond donors (Lipinski definition) is 1. The van der Waals surface area contributed by atoms with Crippen molar-refractivity contribution in [2.75, 3.05) is 20.2 Å². The third-order valence-corrected chi connectivity index (χ3v) is 11.6. The van der Waals surface area contributed by atoms with E-state index in [9.17, 15) is 32.7 Å². The summed E-state index contributed by atoms with van der Waals surface area (Å²) in [6.45, 7) is 2.17. The van der Waals surface area contributed by atoms with Gasteiger partial charge in [0.25, 0.3) is 5.91 Å². The Morgan fingerprint density at radius 2 is 1.64 bits per heavy atom. The Labute approximate surface area is 258 Å². The van der Waals surface area contributed by atoms with Crippen LogP contribution < -0.4 is 0 Å². The second kappa shape index (κ2) is 11.0. The van der Waals surface area contributed by atoms with Crippen molar-refractivity contribution in [1.82, 2.24) is 4.90 Å². The molecule has 1 aromatic carbocycles. The number of likely N-dealkylation sites (tertiary alicyclic amines) is 1. The zero-order valence-electron chi connectivity index (χ0n) is 25.4. The van der Waals surface area contributed by atoms with E-state index >= 15 is 8.78 Å². The highest BCUT2D eigenvalue weighted by molar-refractivity contribution is 5.94. The van der Waals surface area contributed by atoms with Crippen molar-refractivity contribution in [2.45, 2.75) is 88.3 Å². The molecular weight excluding hydrogens is 597 g/mol.